The fraction of sp³-hybridized carbons (Fsp3) is 0.267. The molecule has 0 radical (unpaired) electrons. The fourth-order valence-corrected chi connectivity index (χ4v) is 2.84. The van der Waals surface area contributed by atoms with Crippen LogP contribution in [0.2, 0.25) is 0 Å². The zero-order valence-corrected chi connectivity index (χ0v) is 12.4. The second-order valence-corrected chi connectivity index (χ2v) is 5.69. The average molecular weight is 300 g/mol. The van der Waals surface area contributed by atoms with E-state index in [1.165, 1.54) is 0 Å². The molecule has 1 fully saturated rings. The first-order valence-electron chi connectivity index (χ1n) is 6.85. The molecule has 108 valence electrons. The highest BCUT2D eigenvalue weighted by molar-refractivity contribution is 7.10. The van der Waals surface area contributed by atoms with Crippen molar-refractivity contribution in [2.45, 2.75) is 0 Å². The fourth-order valence-electron chi connectivity index (χ4n) is 2.23. The predicted octanol–water partition coefficient (Wildman–Crippen LogP) is 1.90. The van der Waals surface area contributed by atoms with Crippen LogP contribution < -0.4 is 4.90 Å². The Kier molecular flexibility index (Phi) is 4.25. The highest BCUT2D eigenvalue weighted by atomic mass is 32.1. The van der Waals surface area contributed by atoms with E-state index in [-0.39, 0.29) is 5.91 Å². The lowest BCUT2D eigenvalue weighted by Gasteiger charge is -2.34. The van der Waals surface area contributed by atoms with Gasteiger partial charge in [0.2, 0.25) is 11.9 Å². The Labute approximate surface area is 127 Å². The zero-order valence-electron chi connectivity index (χ0n) is 11.6. The van der Waals surface area contributed by atoms with Crippen molar-refractivity contribution in [1.29, 1.82) is 0 Å². The van der Waals surface area contributed by atoms with Gasteiger partial charge in [0.15, 0.2) is 0 Å². The standard InChI is InChI=1S/C15H16N4OS/c20-14(5-4-13-3-1-12-21-13)18-8-10-19(11-9-18)15-16-6-2-7-17-15/h1-7,12H,8-11H2/b5-4+. The molecular formula is C15H16N4OS. The van der Waals surface area contributed by atoms with Gasteiger partial charge in [0.1, 0.15) is 0 Å². The lowest BCUT2D eigenvalue weighted by atomic mass is 10.3. The smallest absolute Gasteiger partial charge is 0.246 e. The summed E-state index contributed by atoms with van der Waals surface area (Å²) in [5, 5.41) is 2.00. The van der Waals surface area contributed by atoms with E-state index in [4.69, 9.17) is 0 Å². The first kappa shape index (κ1) is 13.8. The second kappa shape index (κ2) is 6.49. The summed E-state index contributed by atoms with van der Waals surface area (Å²) in [6.45, 7) is 2.93. The zero-order chi connectivity index (χ0) is 14.5. The maximum Gasteiger partial charge on any atom is 0.246 e. The summed E-state index contributed by atoms with van der Waals surface area (Å²) in [5.74, 6) is 0.802. The molecule has 0 atom stereocenters. The van der Waals surface area contributed by atoms with Gasteiger partial charge in [-0.3, -0.25) is 4.79 Å². The van der Waals surface area contributed by atoms with Crippen molar-refractivity contribution in [3.05, 3.63) is 46.9 Å². The summed E-state index contributed by atoms with van der Waals surface area (Å²) in [7, 11) is 0. The molecule has 0 bridgehead atoms. The molecule has 3 rings (SSSR count). The molecule has 0 spiro atoms. The van der Waals surface area contributed by atoms with Gasteiger partial charge in [-0.2, -0.15) is 0 Å². The molecule has 1 aliphatic rings. The summed E-state index contributed by atoms with van der Waals surface area (Å²) in [6, 6.07) is 5.78. The van der Waals surface area contributed by atoms with Crippen LogP contribution in [0.5, 0.6) is 0 Å². The molecule has 1 saturated heterocycles. The van der Waals surface area contributed by atoms with Crippen LogP contribution in [0.15, 0.2) is 42.0 Å². The Morgan fingerprint density at radius 1 is 1.14 bits per heavy atom. The lowest BCUT2D eigenvalue weighted by Crippen LogP contribution is -2.48. The quantitative estimate of drug-likeness (QED) is 0.812. The number of piperazine rings is 1. The Morgan fingerprint density at radius 3 is 2.57 bits per heavy atom. The lowest BCUT2D eigenvalue weighted by molar-refractivity contribution is -0.126. The Balaban J connectivity index is 1.55. The molecule has 2 aromatic heterocycles. The van der Waals surface area contributed by atoms with Crippen LogP contribution in [0, 0.1) is 0 Å². The van der Waals surface area contributed by atoms with Gasteiger partial charge < -0.3 is 9.80 Å². The number of amides is 1. The number of anilines is 1. The van der Waals surface area contributed by atoms with Gasteiger partial charge in [-0.25, -0.2) is 9.97 Å². The highest BCUT2D eigenvalue weighted by Gasteiger charge is 2.20. The Bertz CT molecular complexity index is 604. The van der Waals surface area contributed by atoms with Crippen LogP contribution in [0.25, 0.3) is 6.08 Å². The molecule has 0 unspecified atom stereocenters. The molecule has 0 saturated carbocycles. The van der Waals surface area contributed by atoms with Crippen molar-refractivity contribution in [2.24, 2.45) is 0 Å². The van der Waals surface area contributed by atoms with Gasteiger partial charge in [-0.15, -0.1) is 11.3 Å². The van der Waals surface area contributed by atoms with Crippen molar-refractivity contribution < 1.29 is 4.79 Å². The van der Waals surface area contributed by atoms with E-state index in [2.05, 4.69) is 14.9 Å². The topological polar surface area (TPSA) is 49.3 Å². The number of rotatable bonds is 3. The van der Waals surface area contributed by atoms with E-state index < -0.39 is 0 Å². The molecule has 3 heterocycles. The molecule has 0 aromatic carbocycles. The van der Waals surface area contributed by atoms with E-state index >= 15 is 0 Å². The summed E-state index contributed by atoms with van der Waals surface area (Å²) >= 11 is 1.63. The first-order valence-corrected chi connectivity index (χ1v) is 7.73. The summed E-state index contributed by atoms with van der Waals surface area (Å²) in [5.41, 5.74) is 0. The van der Waals surface area contributed by atoms with Crippen LogP contribution in [-0.4, -0.2) is 47.0 Å². The van der Waals surface area contributed by atoms with Crippen molar-refractivity contribution in [3.63, 3.8) is 0 Å². The second-order valence-electron chi connectivity index (χ2n) is 4.71. The van der Waals surface area contributed by atoms with Crippen LogP contribution in [0.4, 0.5) is 5.95 Å². The van der Waals surface area contributed by atoms with Gasteiger partial charge in [0.05, 0.1) is 0 Å². The number of nitrogens with zero attached hydrogens (tertiary/aromatic N) is 4. The van der Waals surface area contributed by atoms with Crippen LogP contribution in [-0.2, 0) is 4.79 Å². The summed E-state index contributed by atoms with van der Waals surface area (Å²) in [4.78, 5) is 25.7. The Morgan fingerprint density at radius 2 is 1.90 bits per heavy atom. The van der Waals surface area contributed by atoms with Crippen molar-refractivity contribution >= 4 is 29.3 Å². The van der Waals surface area contributed by atoms with Gasteiger partial charge in [0.25, 0.3) is 0 Å². The summed E-state index contributed by atoms with van der Waals surface area (Å²) in [6.07, 6.45) is 7.01. The van der Waals surface area contributed by atoms with Crippen LogP contribution in [0.3, 0.4) is 0 Å². The molecule has 0 N–H and O–H groups in total. The highest BCUT2D eigenvalue weighted by Crippen LogP contribution is 2.12. The van der Waals surface area contributed by atoms with Crippen LogP contribution in [0.1, 0.15) is 4.88 Å². The summed E-state index contributed by atoms with van der Waals surface area (Å²) < 4.78 is 0. The van der Waals surface area contributed by atoms with Crippen molar-refractivity contribution in [1.82, 2.24) is 14.9 Å². The largest absolute Gasteiger partial charge is 0.337 e. The number of aromatic nitrogens is 2. The van der Waals surface area contributed by atoms with E-state index in [1.807, 2.05) is 28.5 Å². The number of carbonyl (C=O) groups is 1. The third kappa shape index (κ3) is 3.46. The van der Waals surface area contributed by atoms with E-state index in [9.17, 15) is 4.79 Å². The van der Waals surface area contributed by atoms with Gasteiger partial charge in [-0.1, -0.05) is 6.07 Å². The molecule has 5 nitrogen and oxygen atoms in total. The van der Waals surface area contributed by atoms with E-state index in [1.54, 1.807) is 35.9 Å². The number of hydrogen-bond acceptors (Lipinski definition) is 5. The normalized spacial score (nSPS) is 15.6. The molecule has 21 heavy (non-hydrogen) atoms. The van der Waals surface area contributed by atoms with Crippen molar-refractivity contribution in [3.8, 4) is 0 Å². The Hall–Kier alpha value is -2.21. The SMILES string of the molecule is O=C(/C=C/c1cccs1)N1CCN(c2ncccn2)CC1. The van der Waals surface area contributed by atoms with Gasteiger partial charge in [-0.05, 0) is 23.6 Å². The maximum absolute atomic E-state index is 12.1. The average Bonchev–Trinajstić information content (AvgIpc) is 3.07. The van der Waals surface area contributed by atoms with E-state index in [0.717, 1.165) is 23.9 Å². The predicted molar refractivity (Wildman–Crippen MR) is 84.2 cm³/mol. The molecule has 1 aliphatic heterocycles. The molecule has 2 aromatic rings. The first-order chi connectivity index (χ1) is 10.3. The van der Waals surface area contributed by atoms with Gasteiger partial charge in [0, 0.05) is 49.5 Å². The molecular weight excluding hydrogens is 284 g/mol. The van der Waals surface area contributed by atoms with Gasteiger partial charge >= 0.3 is 0 Å². The third-order valence-electron chi connectivity index (χ3n) is 3.36. The number of hydrogen-bond donors (Lipinski definition) is 0. The minimum Gasteiger partial charge on any atom is -0.337 e. The maximum atomic E-state index is 12.1. The van der Waals surface area contributed by atoms with Crippen molar-refractivity contribution in [2.75, 3.05) is 31.1 Å². The third-order valence-corrected chi connectivity index (χ3v) is 4.20. The molecule has 1 amide bonds. The minimum atomic E-state index is 0.0667. The monoisotopic (exact) mass is 300 g/mol. The molecule has 6 heteroatoms. The number of carbonyl (C=O) groups excluding carboxylic acids is 1. The minimum absolute atomic E-state index is 0.0667. The van der Waals surface area contributed by atoms with E-state index in [0.29, 0.717) is 13.1 Å². The van der Waals surface area contributed by atoms with Crippen LogP contribution >= 0.6 is 11.3 Å². The number of thiophene rings is 1. The molecule has 0 aliphatic carbocycles.